The summed E-state index contributed by atoms with van der Waals surface area (Å²) in [6.07, 6.45) is 6.10. The van der Waals surface area contributed by atoms with Gasteiger partial charge in [-0.1, -0.05) is 0 Å². The number of fused-ring (bicyclic) bond motifs is 1. The van der Waals surface area contributed by atoms with Gasteiger partial charge < -0.3 is 4.90 Å². The summed E-state index contributed by atoms with van der Waals surface area (Å²) in [5, 5.41) is 7.58. The minimum Gasteiger partial charge on any atom is -0.346 e. The highest BCUT2D eigenvalue weighted by Crippen LogP contribution is 2.32. The minimum atomic E-state index is 0.0700. The number of aryl methyl sites for hydroxylation is 1. The Morgan fingerprint density at radius 2 is 2.19 bits per heavy atom. The third-order valence-electron chi connectivity index (χ3n) is 4.30. The second-order valence-corrected chi connectivity index (χ2v) is 5.56. The first-order valence-electron chi connectivity index (χ1n) is 7.42. The summed E-state index contributed by atoms with van der Waals surface area (Å²) in [4.78, 5) is 18.2. The van der Waals surface area contributed by atoms with E-state index in [1.165, 1.54) is 11.3 Å². The molecule has 110 valence electrons. The van der Waals surface area contributed by atoms with Crippen molar-refractivity contribution in [3.8, 4) is 11.3 Å². The van der Waals surface area contributed by atoms with Crippen LogP contribution in [0.5, 0.6) is 0 Å². The fourth-order valence-corrected chi connectivity index (χ4v) is 2.92. The van der Waals surface area contributed by atoms with Crippen molar-refractivity contribution in [3.05, 3.63) is 35.8 Å². The van der Waals surface area contributed by atoms with Gasteiger partial charge in [-0.15, -0.1) is 0 Å². The van der Waals surface area contributed by atoms with E-state index in [1.54, 1.807) is 12.4 Å². The molecule has 0 bridgehead atoms. The van der Waals surface area contributed by atoms with E-state index >= 15 is 0 Å². The molecule has 2 aromatic heterocycles. The smallest absolute Gasteiger partial charge is 0.225 e. The van der Waals surface area contributed by atoms with Gasteiger partial charge in [0.2, 0.25) is 5.91 Å². The van der Waals surface area contributed by atoms with E-state index in [0.29, 0.717) is 0 Å². The van der Waals surface area contributed by atoms with Crippen molar-refractivity contribution < 1.29 is 4.79 Å². The van der Waals surface area contributed by atoms with Crippen LogP contribution in [0.2, 0.25) is 0 Å². The Kier molecular flexibility index (Phi) is 3.73. The lowest BCUT2D eigenvalue weighted by molar-refractivity contribution is -0.134. The summed E-state index contributed by atoms with van der Waals surface area (Å²) in [6, 6.07) is 3.92. The van der Waals surface area contributed by atoms with Crippen LogP contribution >= 0.6 is 0 Å². The predicted molar refractivity (Wildman–Crippen MR) is 80.6 cm³/mol. The number of hydrogen-bond acceptors (Lipinski definition) is 3. The number of pyridine rings is 1. The number of aromatic amines is 1. The molecular formula is C16H20N4O. The standard InChI is InChI=1S/C16H20N4O/c1-3-20(2)16(21)12-4-5-14-13(10-12)15(19-18-14)11-6-8-17-9-7-11/h6-9,12H,3-5,10H2,1-2H3,(H,18,19). The second kappa shape index (κ2) is 5.68. The maximum atomic E-state index is 12.4. The number of amides is 1. The number of rotatable bonds is 3. The molecule has 1 unspecified atom stereocenters. The molecule has 1 aliphatic rings. The topological polar surface area (TPSA) is 61.9 Å². The van der Waals surface area contributed by atoms with Crippen molar-refractivity contribution in [3.63, 3.8) is 0 Å². The molecule has 1 N–H and O–H groups in total. The third kappa shape index (κ3) is 2.55. The van der Waals surface area contributed by atoms with Gasteiger partial charge in [0.1, 0.15) is 0 Å². The van der Waals surface area contributed by atoms with Crippen LogP contribution in [0.1, 0.15) is 24.6 Å². The van der Waals surface area contributed by atoms with Crippen LogP contribution in [0.4, 0.5) is 0 Å². The first-order chi connectivity index (χ1) is 10.2. The van der Waals surface area contributed by atoms with E-state index in [0.717, 1.165) is 37.1 Å². The number of nitrogens with one attached hydrogen (secondary N) is 1. The van der Waals surface area contributed by atoms with Gasteiger partial charge in [-0.2, -0.15) is 5.10 Å². The molecule has 21 heavy (non-hydrogen) atoms. The zero-order chi connectivity index (χ0) is 14.8. The van der Waals surface area contributed by atoms with E-state index in [2.05, 4.69) is 15.2 Å². The number of nitrogens with zero attached hydrogens (tertiary/aromatic N) is 3. The largest absolute Gasteiger partial charge is 0.346 e. The van der Waals surface area contributed by atoms with Gasteiger partial charge >= 0.3 is 0 Å². The second-order valence-electron chi connectivity index (χ2n) is 5.56. The molecule has 0 saturated heterocycles. The zero-order valence-electron chi connectivity index (χ0n) is 12.5. The molecule has 0 spiro atoms. The van der Waals surface area contributed by atoms with Crippen LogP contribution in [0.3, 0.4) is 0 Å². The molecule has 0 saturated carbocycles. The molecule has 0 fully saturated rings. The summed E-state index contributed by atoms with van der Waals surface area (Å²) in [7, 11) is 1.87. The normalized spacial score (nSPS) is 17.3. The average molecular weight is 284 g/mol. The van der Waals surface area contributed by atoms with E-state index in [4.69, 9.17) is 0 Å². The van der Waals surface area contributed by atoms with Gasteiger partial charge in [0, 0.05) is 48.7 Å². The Balaban J connectivity index is 1.88. The molecule has 1 amide bonds. The Hall–Kier alpha value is -2.17. The van der Waals surface area contributed by atoms with E-state index in [-0.39, 0.29) is 11.8 Å². The summed E-state index contributed by atoms with van der Waals surface area (Å²) >= 11 is 0. The Morgan fingerprint density at radius 1 is 1.43 bits per heavy atom. The Labute approximate surface area is 124 Å². The van der Waals surface area contributed by atoms with Crippen LogP contribution in [0, 0.1) is 5.92 Å². The van der Waals surface area contributed by atoms with Crippen LogP contribution < -0.4 is 0 Å². The minimum absolute atomic E-state index is 0.0700. The van der Waals surface area contributed by atoms with Crippen LogP contribution in [0.25, 0.3) is 11.3 Å². The van der Waals surface area contributed by atoms with E-state index < -0.39 is 0 Å². The van der Waals surface area contributed by atoms with Gasteiger partial charge in [-0.25, -0.2) is 0 Å². The average Bonchev–Trinajstić information content (AvgIpc) is 2.97. The van der Waals surface area contributed by atoms with Crippen molar-refractivity contribution >= 4 is 5.91 Å². The van der Waals surface area contributed by atoms with E-state index in [1.807, 2.05) is 31.0 Å². The molecule has 3 rings (SSSR count). The quantitative estimate of drug-likeness (QED) is 0.938. The maximum Gasteiger partial charge on any atom is 0.225 e. The molecule has 5 heteroatoms. The number of hydrogen-bond donors (Lipinski definition) is 1. The zero-order valence-corrected chi connectivity index (χ0v) is 12.5. The SMILES string of the molecule is CCN(C)C(=O)C1CCc2[nH]nc(-c3ccncc3)c2C1. The number of carbonyl (C=O) groups excluding carboxylic acids is 1. The number of carbonyl (C=O) groups is 1. The van der Waals surface area contributed by atoms with Crippen LogP contribution in [-0.4, -0.2) is 39.6 Å². The van der Waals surface area contributed by atoms with E-state index in [9.17, 15) is 4.79 Å². The number of aromatic nitrogens is 3. The van der Waals surface area contributed by atoms with Gasteiger partial charge in [0.15, 0.2) is 0 Å². The lowest BCUT2D eigenvalue weighted by atomic mass is 9.84. The first-order valence-corrected chi connectivity index (χ1v) is 7.42. The predicted octanol–water partition coefficient (Wildman–Crippen LogP) is 2.05. The third-order valence-corrected chi connectivity index (χ3v) is 4.30. The summed E-state index contributed by atoms with van der Waals surface area (Å²) < 4.78 is 0. The monoisotopic (exact) mass is 284 g/mol. The van der Waals surface area contributed by atoms with Gasteiger partial charge in [0.05, 0.1) is 5.69 Å². The summed E-state index contributed by atoms with van der Waals surface area (Å²) in [5.41, 5.74) is 4.38. The van der Waals surface area contributed by atoms with Gasteiger partial charge in [0.25, 0.3) is 0 Å². The fourth-order valence-electron chi connectivity index (χ4n) is 2.92. The molecule has 2 heterocycles. The maximum absolute atomic E-state index is 12.4. The molecule has 1 atom stereocenters. The highest BCUT2D eigenvalue weighted by Gasteiger charge is 2.29. The molecule has 5 nitrogen and oxygen atoms in total. The summed E-state index contributed by atoms with van der Waals surface area (Å²) in [6.45, 7) is 2.76. The lowest BCUT2D eigenvalue weighted by Crippen LogP contribution is -2.35. The van der Waals surface area contributed by atoms with Crippen molar-refractivity contribution in [2.75, 3.05) is 13.6 Å². The van der Waals surface area contributed by atoms with Crippen LogP contribution in [-0.2, 0) is 17.6 Å². The lowest BCUT2D eigenvalue weighted by Gasteiger charge is -2.26. The van der Waals surface area contributed by atoms with Crippen molar-refractivity contribution in [1.29, 1.82) is 0 Å². The molecule has 2 aromatic rings. The van der Waals surface area contributed by atoms with Crippen molar-refractivity contribution in [2.24, 2.45) is 5.92 Å². The van der Waals surface area contributed by atoms with Crippen LogP contribution in [0.15, 0.2) is 24.5 Å². The van der Waals surface area contributed by atoms with Gasteiger partial charge in [-0.3, -0.25) is 14.9 Å². The molecule has 0 aromatic carbocycles. The molecule has 1 aliphatic carbocycles. The number of H-pyrrole nitrogens is 1. The molecular weight excluding hydrogens is 264 g/mol. The highest BCUT2D eigenvalue weighted by molar-refractivity contribution is 5.80. The Bertz CT molecular complexity index is 635. The highest BCUT2D eigenvalue weighted by atomic mass is 16.2. The molecule has 0 radical (unpaired) electrons. The van der Waals surface area contributed by atoms with Gasteiger partial charge in [-0.05, 0) is 38.3 Å². The summed E-state index contributed by atoms with van der Waals surface area (Å²) in [5.74, 6) is 0.311. The fraction of sp³-hybridized carbons (Fsp3) is 0.438. The Morgan fingerprint density at radius 3 is 2.90 bits per heavy atom. The first kappa shape index (κ1) is 13.8. The van der Waals surface area contributed by atoms with Crippen molar-refractivity contribution in [2.45, 2.75) is 26.2 Å². The van der Waals surface area contributed by atoms with Crippen molar-refractivity contribution in [1.82, 2.24) is 20.1 Å². The molecule has 0 aliphatic heterocycles.